The van der Waals surface area contributed by atoms with Crippen LogP contribution in [0.4, 0.5) is 10.5 Å². The lowest BCUT2D eigenvalue weighted by Gasteiger charge is -2.38. The van der Waals surface area contributed by atoms with Crippen LogP contribution in [-0.2, 0) is 53.1 Å². The Hall–Kier alpha value is -8.01. The standard InChI is InChI=1S/C56H76N14O11S/c1-37(71)45(17-18-53(76)77)64-56(81)65-46(55(79)80)8-4-5-21-70(32-47-44-7-3-2-6-40(44)19-20-62-47)54(78)41-13-9-39(10-14-41)29-61-30-52(82)63-42-15-11-38(12-16-42)28-43-31-68(35-50(59)74)25-24-66(33-48(57)72)22-23-67(34-49(58)73)26-27-69(43)36-51(60)75/h2-3,6-7,9-16,19-20,43,45-46,61H,4-5,8,17-18,21-36H2,1H3,(H2,57,72)(H2,58,73)(H2,59,74)(H2,60,75)(H,63,82)(H,76,77)(H,79,80)(H2,64,65,81)/t43?,45-,46-/m1/s1. The third-order valence-corrected chi connectivity index (χ3v) is 14.0. The number of rotatable bonds is 30. The van der Waals surface area contributed by atoms with Gasteiger partial charge in [-0.05, 0) is 85.9 Å². The van der Waals surface area contributed by atoms with Crippen molar-refractivity contribution in [1.82, 2.24) is 45.4 Å². The molecule has 1 unspecified atom stereocenters. The van der Waals surface area contributed by atoms with Crippen LogP contribution in [0.3, 0.4) is 0 Å². The summed E-state index contributed by atoms with van der Waals surface area (Å²) in [5.41, 5.74) is 26.2. The number of nitrogens with two attached hydrogens (primary N) is 4. The molecule has 1 saturated heterocycles. The van der Waals surface area contributed by atoms with Gasteiger partial charge in [0.15, 0.2) is 5.78 Å². The van der Waals surface area contributed by atoms with E-state index in [0.717, 1.165) is 27.6 Å². The molecule has 5 rings (SSSR count). The second-order valence-electron chi connectivity index (χ2n) is 20.3. The third-order valence-electron chi connectivity index (χ3n) is 13.8. The normalized spacial score (nSPS) is 15.6. The molecule has 3 atom stereocenters. The number of pyridine rings is 1. The predicted octanol–water partition coefficient (Wildman–Crippen LogP) is 0.225. The Labute approximate surface area is 481 Å². The second kappa shape index (κ2) is 33.0. The first kappa shape index (κ1) is 64.8. The monoisotopic (exact) mass is 1150 g/mol. The number of carbonyl (C=O) groups is 9. The summed E-state index contributed by atoms with van der Waals surface area (Å²) in [5, 5.41) is 32.1. The number of nitrogens with one attached hydrogen (secondary N) is 4. The van der Waals surface area contributed by atoms with Gasteiger partial charge in [-0.25, -0.2) is 9.59 Å². The average molecular weight is 1150 g/mol. The summed E-state index contributed by atoms with van der Waals surface area (Å²) >= 11 is 5.69. The number of Topliss-reactive ketones (excluding diaryl/α,β-unsaturated/α-hetero) is 1. The van der Waals surface area contributed by atoms with Crippen LogP contribution in [0.25, 0.3) is 10.8 Å². The minimum Gasteiger partial charge on any atom is -0.481 e. The van der Waals surface area contributed by atoms with E-state index in [9.17, 15) is 48.3 Å². The average Bonchev–Trinajstić information content (AvgIpc) is 3.41. The highest BCUT2D eigenvalue weighted by Gasteiger charge is 2.28. The minimum atomic E-state index is -1.32. The number of amides is 7. The molecule has 7 amide bonds. The summed E-state index contributed by atoms with van der Waals surface area (Å²) in [6, 6.07) is 20.7. The van der Waals surface area contributed by atoms with Gasteiger partial charge in [-0.1, -0.05) is 60.7 Å². The van der Waals surface area contributed by atoms with Gasteiger partial charge in [0.05, 0.1) is 49.4 Å². The SMILES string of the molecule is CC(=O)[C@@H](CCC(=O)O)NC(=O)N[C@H](CCCCN(Cc1nccc2ccccc12)C(=O)c1ccc(CNCC(=S)Nc2ccc(CC3CN(CC(N)=O)CCN(CC(N)=O)CCN(CC(N)=O)CCN3CC(N)=O)cc2)cc1)C(=O)O. The second-order valence-corrected chi connectivity index (χ2v) is 20.8. The number of nitrogens with zero attached hydrogens (tertiary/aromatic N) is 6. The maximum absolute atomic E-state index is 14.2. The van der Waals surface area contributed by atoms with Crippen molar-refractivity contribution in [3.05, 3.63) is 107 Å². The number of aliphatic carboxylic acids is 2. The van der Waals surface area contributed by atoms with Gasteiger partial charge in [-0.3, -0.25) is 58.1 Å². The summed E-state index contributed by atoms with van der Waals surface area (Å²) in [6.07, 6.45) is 2.30. The fraction of sp³-hybridized carbons (Fsp3) is 0.446. The number of unbranched alkanes of at least 4 members (excludes halogenated alkanes) is 1. The third kappa shape index (κ3) is 22.9. The number of carbonyl (C=O) groups excluding carboxylic acids is 7. The fourth-order valence-corrected chi connectivity index (χ4v) is 9.81. The van der Waals surface area contributed by atoms with Crippen LogP contribution in [0.15, 0.2) is 85.1 Å². The van der Waals surface area contributed by atoms with E-state index >= 15 is 0 Å². The van der Waals surface area contributed by atoms with E-state index in [-0.39, 0.29) is 70.5 Å². The molecule has 1 aliphatic heterocycles. The quantitative estimate of drug-likeness (QED) is 0.0247. The number of carboxylic acids is 2. The highest BCUT2D eigenvalue weighted by atomic mass is 32.1. The number of aromatic nitrogens is 1. The molecule has 26 heteroatoms. The number of benzene rings is 3. The van der Waals surface area contributed by atoms with Gasteiger partial charge in [0, 0.05) is 101 Å². The maximum Gasteiger partial charge on any atom is 0.326 e. The fourth-order valence-electron chi connectivity index (χ4n) is 9.59. The lowest BCUT2D eigenvalue weighted by Crippen LogP contribution is -2.54. The van der Waals surface area contributed by atoms with Gasteiger partial charge in [-0.15, -0.1) is 0 Å². The van der Waals surface area contributed by atoms with Crippen LogP contribution >= 0.6 is 12.2 Å². The lowest BCUT2D eigenvalue weighted by molar-refractivity contribution is -0.139. The first-order chi connectivity index (χ1) is 39.1. The van der Waals surface area contributed by atoms with E-state index in [2.05, 4.69) is 26.3 Å². The summed E-state index contributed by atoms with van der Waals surface area (Å²) in [5.74, 6) is -5.31. The van der Waals surface area contributed by atoms with Gasteiger partial charge < -0.3 is 59.3 Å². The Bertz CT molecular complexity index is 2860. The molecule has 0 bridgehead atoms. The molecule has 0 radical (unpaired) electrons. The summed E-state index contributed by atoms with van der Waals surface area (Å²) in [6.45, 7) is 4.69. The summed E-state index contributed by atoms with van der Waals surface area (Å²) in [7, 11) is 0. The van der Waals surface area contributed by atoms with Crippen LogP contribution in [-0.4, -0.2) is 201 Å². The van der Waals surface area contributed by atoms with Crippen molar-refractivity contribution in [1.29, 1.82) is 0 Å². The molecule has 1 fully saturated rings. The van der Waals surface area contributed by atoms with Crippen molar-refractivity contribution in [3.63, 3.8) is 0 Å². The highest BCUT2D eigenvalue weighted by molar-refractivity contribution is 7.80. The molecule has 1 aromatic heterocycles. The number of fused-ring (bicyclic) bond motifs is 1. The Morgan fingerprint density at radius 2 is 1.28 bits per heavy atom. The molecule has 442 valence electrons. The highest BCUT2D eigenvalue weighted by Crippen LogP contribution is 2.21. The van der Waals surface area contributed by atoms with E-state index in [0.29, 0.717) is 94.4 Å². The molecule has 25 nitrogen and oxygen atoms in total. The summed E-state index contributed by atoms with van der Waals surface area (Å²) in [4.78, 5) is 125. The molecule has 0 spiro atoms. The smallest absolute Gasteiger partial charge is 0.326 e. The van der Waals surface area contributed by atoms with Crippen LogP contribution in [0.2, 0.25) is 0 Å². The van der Waals surface area contributed by atoms with E-state index in [4.69, 9.17) is 40.3 Å². The van der Waals surface area contributed by atoms with Gasteiger partial charge in [0.2, 0.25) is 23.6 Å². The predicted molar refractivity (Wildman–Crippen MR) is 311 cm³/mol. The molecule has 2 heterocycles. The maximum atomic E-state index is 14.2. The molecule has 3 aromatic carbocycles. The van der Waals surface area contributed by atoms with Crippen molar-refractivity contribution in [2.24, 2.45) is 22.9 Å². The van der Waals surface area contributed by atoms with Crippen molar-refractivity contribution >= 4 is 87.0 Å². The molecule has 0 saturated carbocycles. The van der Waals surface area contributed by atoms with Crippen molar-refractivity contribution in [2.45, 2.75) is 76.7 Å². The van der Waals surface area contributed by atoms with Crippen LogP contribution < -0.4 is 44.2 Å². The Morgan fingerprint density at radius 1 is 0.695 bits per heavy atom. The van der Waals surface area contributed by atoms with Gasteiger partial charge in [-0.2, -0.15) is 0 Å². The van der Waals surface area contributed by atoms with E-state index in [1.807, 2.05) is 86.3 Å². The molecular weight excluding hydrogens is 1080 g/mol. The number of carboxylic acid groups (broad SMARTS) is 2. The number of hydrogen-bond acceptors (Lipinski definition) is 16. The molecule has 82 heavy (non-hydrogen) atoms. The molecule has 1 aliphatic rings. The lowest BCUT2D eigenvalue weighted by atomic mass is 10.0. The zero-order valence-corrected chi connectivity index (χ0v) is 47.0. The van der Waals surface area contributed by atoms with Gasteiger partial charge in [0.25, 0.3) is 5.91 Å². The number of urea groups is 1. The summed E-state index contributed by atoms with van der Waals surface area (Å²) < 4.78 is 0. The number of anilines is 1. The molecule has 4 aromatic rings. The Morgan fingerprint density at radius 3 is 1.89 bits per heavy atom. The van der Waals surface area contributed by atoms with E-state index in [1.54, 1.807) is 23.2 Å². The van der Waals surface area contributed by atoms with Crippen molar-refractivity contribution in [2.75, 3.05) is 90.4 Å². The van der Waals surface area contributed by atoms with Gasteiger partial charge in [0.1, 0.15) is 6.04 Å². The zero-order valence-electron chi connectivity index (χ0n) is 46.1. The van der Waals surface area contributed by atoms with E-state index in [1.165, 1.54) is 6.92 Å². The van der Waals surface area contributed by atoms with Crippen molar-refractivity contribution < 1.29 is 53.4 Å². The topological polar surface area (TPSA) is 375 Å². The number of primary amides is 4. The van der Waals surface area contributed by atoms with Crippen LogP contribution in [0.1, 0.15) is 66.2 Å². The van der Waals surface area contributed by atoms with Gasteiger partial charge >= 0.3 is 18.0 Å². The number of ketones is 1. The van der Waals surface area contributed by atoms with E-state index < -0.39 is 59.5 Å². The first-order valence-electron chi connectivity index (χ1n) is 27.0. The van der Waals surface area contributed by atoms with Crippen LogP contribution in [0.5, 0.6) is 0 Å². The number of thiocarbonyl (C=S) groups is 1. The molecule has 0 aliphatic carbocycles. The molecular formula is C56H76N14O11S. The largest absolute Gasteiger partial charge is 0.481 e. The molecule has 14 N–H and O–H groups in total. The van der Waals surface area contributed by atoms with Crippen LogP contribution in [0, 0.1) is 0 Å². The minimum absolute atomic E-state index is 0.0111. The first-order valence-corrected chi connectivity index (χ1v) is 27.4. The Kier molecular flexibility index (Phi) is 26.1. The zero-order chi connectivity index (χ0) is 59.7. The Balaban J connectivity index is 1.19. The van der Waals surface area contributed by atoms with Crippen molar-refractivity contribution in [3.8, 4) is 0 Å². The number of hydrogen-bond donors (Lipinski definition) is 10.